The normalized spacial score (nSPS) is 9.00. The summed E-state index contributed by atoms with van der Waals surface area (Å²) in [4.78, 5) is 10.6. The van der Waals surface area contributed by atoms with E-state index in [4.69, 9.17) is 5.26 Å². The van der Waals surface area contributed by atoms with Crippen molar-refractivity contribution in [2.24, 2.45) is 0 Å². The molecule has 0 N–H and O–H groups in total. The lowest BCUT2D eigenvalue weighted by atomic mass is 10.1. The molecule has 0 unspecified atom stereocenters. The van der Waals surface area contributed by atoms with Gasteiger partial charge in [0.2, 0.25) is 0 Å². The topological polar surface area (TPSA) is 40.9 Å². The van der Waals surface area contributed by atoms with Gasteiger partial charge in [-0.2, -0.15) is 5.26 Å². The molecule has 0 spiro atoms. The lowest BCUT2D eigenvalue weighted by Gasteiger charge is -1.97. The average Bonchev–Trinajstić information content (AvgIpc) is 2.27. The van der Waals surface area contributed by atoms with Crippen LogP contribution in [-0.4, -0.2) is 10.9 Å². The second kappa shape index (κ2) is 6.73. The van der Waals surface area contributed by atoms with E-state index in [1.165, 1.54) is 13.0 Å². The highest BCUT2D eigenvalue weighted by atomic mass is 32.2. The molecule has 0 aliphatic rings. The lowest BCUT2D eigenvalue weighted by Crippen LogP contribution is -1.89. The van der Waals surface area contributed by atoms with Crippen LogP contribution in [-0.2, 0) is 11.2 Å². The molecule has 17 heavy (non-hydrogen) atoms. The van der Waals surface area contributed by atoms with Gasteiger partial charge in [0.1, 0.15) is 5.82 Å². The number of rotatable bonds is 2. The van der Waals surface area contributed by atoms with E-state index in [-0.39, 0.29) is 17.1 Å². The fraction of sp³-hybridized carbons (Fsp3) is 0.231. The van der Waals surface area contributed by atoms with Gasteiger partial charge in [0.05, 0.1) is 23.8 Å². The summed E-state index contributed by atoms with van der Waals surface area (Å²) in [6, 6.07) is 6.49. The Bertz CT molecular complexity index is 522. The summed E-state index contributed by atoms with van der Waals surface area (Å²) in [5.41, 5.74) is 0.921. The van der Waals surface area contributed by atoms with Gasteiger partial charge in [-0.3, -0.25) is 4.79 Å². The van der Waals surface area contributed by atoms with Crippen LogP contribution >= 0.6 is 11.8 Å². The molecule has 0 aromatic heterocycles. The molecule has 0 amide bonds. The number of carbonyl (C=O) groups is 1. The number of hydrogen-bond acceptors (Lipinski definition) is 3. The summed E-state index contributed by atoms with van der Waals surface area (Å²) in [6.45, 7) is 1.46. The molecule has 4 heteroatoms. The number of nitriles is 1. The molecule has 0 saturated heterocycles. The van der Waals surface area contributed by atoms with E-state index in [1.54, 1.807) is 12.1 Å². The third kappa shape index (κ3) is 4.72. The number of thioether (sulfide) groups is 1. The molecular formula is C13H10FNOS. The molecule has 0 heterocycles. The van der Waals surface area contributed by atoms with Gasteiger partial charge in [0, 0.05) is 6.92 Å². The zero-order valence-electron chi connectivity index (χ0n) is 9.29. The van der Waals surface area contributed by atoms with Gasteiger partial charge < -0.3 is 0 Å². The monoisotopic (exact) mass is 247 g/mol. The summed E-state index contributed by atoms with van der Waals surface area (Å²) in [5, 5.41) is 8.46. The van der Waals surface area contributed by atoms with Crippen LogP contribution in [0, 0.1) is 29.0 Å². The van der Waals surface area contributed by atoms with E-state index in [0.717, 1.165) is 11.8 Å². The number of nitrogens with zero attached hydrogens (tertiary/aromatic N) is 1. The minimum Gasteiger partial charge on any atom is -0.288 e. The summed E-state index contributed by atoms with van der Waals surface area (Å²) in [6.07, 6.45) is 0.185. The predicted molar refractivity (Wildman–Crippen MR) is 65.7 cm³/mol. The average molecular weight is 247 g/mol. The number of benzene rings is 1. The second-order valence-corrected chi connectivity index (χ2v) is 4.38. The van der Waals surface area contributed by atoms with E-state index < -0.39 is 5.82 Å². The molecule has 0 aliphatic carbocycles. The largest absolute Gasteiger partial charge is 0.288 e. The van der Waals surface area contributed by atoms with Gasteiger partial charge in [-0.05, 0) is 17.7 Å². The van der Waals surface area contributed by atoms with E-state index in [0.29, 0.717) is 11.3 Å². The molecule has 0 saturated carbocycles. The molecule has 1 aromatic carbocycles. The molecule has 86 valence electrons. The first-order chi connectivity index (χ1) is 8.13. The highest BCUT2D eigenvalue weighted by Crippen LogP contribution is 2.10. The SMILES string of the molecule is CC(=O)SCC#Cc1ccc(CC#N)cc1F. The van der Waals surface area contributed by atoms with Crippen molar-refractivity contribution in [3.05, 3.63) is 35.1 Å². The summed E-state index contributed by atoms with van der Waals surface area (Å²) >= 11 is 1.09. The molecule has 0 aliphatic heterocycles. The van der Waals surface area contributed by atoms with Crippen LogP contribution in [0.15, 0.2) is 18.2 Å². The molecule has 0 bridgehead atoms. The zero-order valence-corrected chi connectivity index (χ0v) is 10.1. The Morgan fingerprint density at radius 1 is 1.53 bits per heavy atom. The highest BCUT2D eigenvalue weighted by molar-refractivity contribution is 8.13. The number of carbonyl (C=O) groups excluding carboxylic acids is 1. The number of halogens is 1. The first-order valence-electron chi connectivity index (χ1n) is 4.91. The maximum Gasteiger partial charge on any atom is 0.186 e. The van der Waals surface area contributed by atoms with Crippen molar-refractivity contribution in [1.82, 2.24) is 0 Å². The van der Waals surface area contributed by atoms with Crippen LogP contribution < -0.4 is 0 Å². The molecule has 0 radical (unpaired) electrons. The first kappa shape index (κ1) is 13.3. The summed E-state index contributed by atoms with van der Waals surface area (Å²) in [5.74, 6) is 5.29. The van der Waals surface area contributed by atoms with Gasteiger partial charge in [-0.15, -0.1) is 0 Å². The quantitative estimate of drug-likeness (QED) is 0.754. The van der Waals surface area contributed by atoms with Crippen molar-refractivity contribution < 1.29 is 9.18 Å². The fourth-order valence-corrected chi connectivity index (χ4v) is 1.48. The predicted octanol–water partition coefficient (Wildman–Crippen LogP) is 2.52. The maximum atomic E-state index is 13.5. The standard InChI is InChI=1S/C13H10FNOS/c1-10(16)17-8-2-3-12-5-4-11(6-7-15)9-13(12)14/h4-5,9H,6,8H2,1H3. The van der Waals surface area contributed by atoms with Gasteiger partial charge >= 0.3 is 0 Å². The Balaban J connectivity index is 2.72. The minimum atomic E-state index is -0.432. The smallest absolute Gasteiger partial charge is 0.186 e. The molecule has 0 fully saturated rings. The van der Waals surface area contributed by atoms with Crippen molar-refractivity contribution >= 4 is 16.9 Å². The maximum absolute atomic E-state index is 13.5. The Kier molecular flexibility index (Phi) is 5.26. The molecule has 2 nitrogen and oxygen atoms in total. The Morgan fingerprint density at radius 3 is 2.88 bits per heavy atom. The van der Waals surface area contributed by atoms with Crippen LogP contribution in [0.25, 0.3) is 0 Å². The van der Waals surface area contributed by atoms with Crippen LogP contribution in [0.2, 0.25) is 0 Å². The molecule has 0 atom stereocenters. The Labute approximate surface area is 104 Å². The van der Waals surface area contributed by atoms with Gasteiger partial charge in [0.15, 0.2) is 5.12 Å². The first-order valence-corrected chi connectivity index (χ1v) is 5.89. The minimum absolute atomic E-state index is 0.0101. The van der Waals surface area contributed by atoms with Crippen molar-refractivity contribution in [3.63, 3.8) is 0 Å². The third-order valence-corrected chi connectivity index (χ3v) is 2.58. The van der Waals surface area contributed by atoms with Crippen molar-refractivity contribution in [2.75, 3.05) is 5.75 Å². The van der Waals surface area contributed by atoms with E-state index >= 15 is 0 Å². The third-order valence-electron chi connectivity index (χ3n) is 1.89. The van der Waals surface area contributed by atoms with Crippen LogP contribution in [0.3, 0.4) is 0 Å². The lowest BCUT2D eigenvalue weighted by molar-refractivity contribution is -0.109. The van der Waals surface area contributed by atoms with E-state index in [2.05, 4.69) is 11.8 Å². The summed E-state index contributed by atoms with van der Waals surface area (Å²) < 4.78 is 13.5. The second-order valence-electron chi connectivity index (χ2n) is 3.23. The Hall–Kier alpha value is -1.78. The van der Waals surface area contributed by atoms with E-state index in [9.17, 15) is 9.18 Å². The summed E-state index contributed by atoms with van der Waals surface area (Å²) in [7, 11) is 0. The van der Waals surface area contributed by atoms with Crippen LogP contribution in [0.1, 0.15) is 18.1 Å². The zero-order chi connectivity index (χ0) is 12.7. The molecular weight excluding hydrogens is 237 g/mol. The molecule has 1 rings (SSSR count). The van der Waals surface area contributed by atoms with Crippen LogP contribution in [0.4, 0.5) is 4.39 Å². The van der Waals surface area contributed by atoms with Crippen molar-refractivity contribution in [1.29, 1.82) is 5.26 Å². The van der Waals surface area contributed by atoms with E-state index in [1.807, 2.05) is 6.07 Å². The van der Waals surface area contributed by atoms with Gasteiger partial charge in [-0.1, -0.05) is 29.7 Å². The number of hydrogen-bond donors (Lipinski definition) is 0. The highest BCUT2D eigenvalue weighted by Gasteiger charge is 2.00. The fourth-order valence-electron chi connectivity index (χ4n) is 1.13. The van der Waals surface area contributed by atoms with Gasteiger partial charge in [-0.25, -0.2) is 4.39 Å². The van der Waals surface area contributed by atoms with Crippen LogP contribution in [0.5, 0.6) is 0 Å². The molecule has 1 aromatic rings. The van der Waals surface area contributed by atoms with Crippen molar-refractivity contribution in [3.8, 4) is 17.9 Å². The van der Waals surface area contributed by atoms with Gasteiger partial charge in [0.25, 0.3) is 0 Å². The van der Waals surface area contributed by atoms with Crippen molar-refractivity contribution in [2.45, 2.75) is 13.3 Å². The Morgan fingerprint density at radius 2 is 2.29 bits per heavy atom.